The van der Waals surface area contributed by atoms with E-state index < -0.39 is 0 Å². The number of aliphatic hydroxyl groups is 1. The van der Waals surface area contributed by atoms with Crippen molar-refractivity contribution < 1.29 is 5.11 Å². The Morgan fingerprint density at radius 1 is 1.24 bits per heavy atom. The van der Waals surface area contributed by atoms with Crippen molar-refractivity contribution in [2.24, 2.45) is 5.92 Å². The van der Waals surface area contributed by atoms with Gasteiger partial charge in [-0.1, -0.05) is 60.7 Å². The molecular weight excluding hydrogens is 276 g/mol. The number of halogens is 1. The third-order valence-electron chi connectivity index (χ3n) is 3.14. The molecule has 0 aliphatic rings. The van der Waals surface area contributed by atoms with Crippen molar-refractivity contribution in [3.8, 4) is 0 Å². The maximum atomic E-state index is 9.40. The van der Waals surface area contributed by atoms with E-state index in [2.05, 4.69) is 41.1 Å². The van der Waals surface area contributed by atoms with Gasteiger partial charge in [0.05, 0.1) is 0 Å². The van der Waals surface area contributed by atoms with Gasteiger partial charge < -0.3 is 5.11 Å². The molecule has 1 aromatic carbocycles. The van der Waals surface area contributed by atoms with Crippen LogP contribution >= 0.6 is 15.9 Å². The third kappa shape index (κ3) is 6.23. The summed E-state index contributed by atoms with van der Waals surface area (Å²) in [4.78, 5) is 0. The molecule has 1 atom stereocenters. The fourth-order valence-corrected chi connectivity index (χ4v) is 2.56. The summed E-state index contributed by atoms with van der Waals surface area (Å²) in [6, 6.07) is 8.39. The molecule has 1 rings (SSSR count). The van der Waals surface area contributed by atoms with Gasteiger partial charge in [-0.2, -0.15) is 0 Å². The molecule has 0 radical (unpaired) electrons. The van der Waals surface area contributed by atoms with E-state index in [0.29, 0.717) is 12.5 Å². The number of hydrogen-bond acceptors (Lipinski definition) is 1. The maximum Gasteiger partial charge on any atom is 0.0462 e. The van der Waals surface area contributed by atoms with Gasteiger partial charge in [-0.05, 0) is 36.5 Å². The number of benzene rings is 1. The van der Waals surface area contributed by atoms with Crippen LogP contribution < -0.4 is 0 Å². The molecule has 0 heterocycles. The molecular formula is C15H23BrO. The van der Waals surface area contributed by atoms with E-state index in [1.54, 1.807) is 0 Å². The standard InChI is InChI=1S/C15H23BrO/c1-2-3-4-5-7-14(12-17)10-13-8-6-9-15(16)11-13/h6,8-9,11,14,17H,2-5,7,10,12H2,1H3. The summed E-state index contributed by atoms with van der Waals surface area (Å²) in [5.74, 6) is 0.418. The lowest BCUT2D eigenvalue weighted by Crippen LogP contribution is -2.09. The largest absolute Gasteiger partial charge is 0.396 e. The van der Waals surface area contributed by atoms with Crippen molar-refractivity contribution in [1.29, 1.82) is 0 Å². The Morgan fingerprint density at radius 3 is 2.71 bits per heavy atom. The van der Waals surface area contributed by atoms with E-state index >= 15 is 0 Å². The number of unbranched alkanes of at least 4 members (excludes halogenated alkanes) is 3. The zero-order valence-corrected chi connectivity index (χ0v) is 12.2. The summed E-state index contributed by atoms with van der Waals surface area (Å²) in [6.45, 7) is 2.53. The first-order valence-electron chi connectivity index (χ1n) is 6.61. The Balaban J connectivity index is 2.35. The van der Waals surface area contributed by atoms with E-state index in [0.717, 1.165) is 17.3 Å². The van der Waals surface area contributed by atoms with Crippen LogP contribution in [0.1, 0.15) is 44.6 Å². The van der Waals surface area contributed by atoms with Crippen molar-refractivity contribution in [3.63, 3.8) is 0 Å². The van der Waals surface area contributed by atoms with Gasteiger partial charge in [0, 0.05) is 11.1 Å². The van der Waals surface area contributed by atoms with Crippen LogP contribution in [0.2, 0.25) is 0 Å². The normalized spacial score (nSPS) is 12.6. The Labute approximate surface area is 113 Å². The van der Waals surface area contributed by atoms with E-state index in [9.17, 15) is 5.11 Å². The highest BCUT2D eigenvalue weighted by Crippen LogP contribution is 2.18. The molecule has 0 aromatic heterocycles. The molecule has 0 fully saturated rings. The van der Waals surface area contributed by atoms with Crippen LogP contribution in [0.3, 0.4) is 0 Å². The minimum Gasteiger partial charge on any atom is -0.396 e. The van der Waals surface area contributed by atoms with Gasteiger partial charge in [0.25, 0.3) is 0 Å². The molecule has 1 aromatic rings. The smallest absolute Gasteiger partial charge is 0.0462 e. The molecule has 2 heteroatoms. The zero-order chi connectivity index (χ0) is 12.5. The Morgan fingerprint density at radius 2 is 2.06 bits per heavy atom. The van der Waals surface area contributed by atoms with Crippen molar-refractivity contribution >= 4 is 15.9 Å². The van der Waals surface area contributed by atoms with E-state index in [1.807, 2.05) is 6.07 Å². The van der Waals surface area contributed by atoms with Crippen molar-refractivity contribution in [3.05, 3.63) is 34.3 Å². The second-order valence-electron chi connectivity index (χ2n) is 4.73. The summed E-state index contributed by atoms with van der Waals surface area (Å²) < 4.78 is 1.12. The minimum absolute atomic E-state index is 0.304. The molecule has 0 amide bonds. The first-order valence-corrected chi connectivity index (χ1v) is 7.40. The van der Waals surface area contributed by atoms with Crippen molar-refractivity contribution in [2.45, 2.75) is 45.4 Å². The molecule has 1 unspecified atom stereocenters. The Bertz CT molecular complexity index is 312. The van der Waals surface area contributed by atoms with Gasteiger partial charge in [0.2, 0.25) is 0 Å². The highest BCUT2D eigenvalue weighted by molar-refractivity contribution is 9.10. The first kappa shape index (κ1) is 14.7. The van der Waals surface area contributed by atoms with Crippen LogP contribution in [0.15, 0.2) is 28.7 Å². The van der Waals surface area contributed by atoms with E-state index in [1.165, 1.54) is 31.2 Å². The molecule has 0 aliphatic carbocycles. The molecule has 0 bridgehead atoms. The van der Waals surface area contributed by atoms with Gasteiger partial charge in [-0.15, -0.1) is 0 Å². The average molecular weight is 299 g/mol. The average Bonchev–Trinajstić information content (AvgIpc) is 2.33. The number of aliphatic hydroxyl groups excluding tert-OH is 1. The van der Waals surface area contributed by atoms with Gasteiger partial charge >= 0.3 is 0 Å². The molecule has 96 valence electrons. The lowest BCUT2D eigenvalue weighted by molar-refractivity contribution is 0.214. The highest BCUT2D eigenvalue weighted by atomic mass is 79.9. The van der Waals surface area contributed by atoms with Gasteiger partial charge in [-0.25, -0.2) is 0 Å². The SMILES string of the molecule is CCCCCCC(CO)Cc1cccc(Br)c1. The van der Waals surface area contributed by atoms with Crippen LogP contribution in [0, 0.1) is 5.92 Å². The van der Waals surface area contributed by atoms with Crippen LogP contribution in [0.4, 0.5) is 0 Å². The predicted molar refractivity (Wildman–Crippen MR) is 77.2 cm³/mol. The molecule has 0 spiro atoms. The second kappa shape index (κ2) is 8.71. The summed E-state index contributed by atoms with van der Waals surface area (Å²) in [5.41, 5.74) is 1.31. The lowest BCUT2D eigenvalue weighted by Gasteiger charge is -2.14. The minimum atomic E-state index is 0.304. The maximum absolute atomic E-state index is 9.40. The second-order valence-corrected chi connectivity index (χ2v) is 5.65. The summed E-state index contributed by atoms with van der Waals surface area (Å²) in [5, 5.41) is 9.40. The topological polar surface area (TPSA) is 20.2 Å². The van der Waals surface area contributed by atoms with Gasteiger partial charge in [-0.3, -0.25) is 0 Å². The quantitative estimate of drug-likeness (QED) is 0.697. The highest BCUT2D eigenvalue weighted by Gasteiger charge is 2.08. The molecule has 0 aliphatic heterocycles. The molecule has 17 heavy (non-hydrogen) atoms. The Hall–Kier alpha value is -0.340. The van der Waals surface area contributed by atoms with Crippen LogP contribution in [-0.4, -0.2) is 11.7 Å². The van der Waals surface area contributed by atoms with Crippen LogP contribution in [0.5, 0.6) is 0 Å². The van der Waals surface area contributed by atoms with E-state index in [4.69, 9.17) is 0 Å². The fraction of sp³-hybridized carbons (Fsp3) is 0.600. The summed E-state index contributed by atoms with van der Waals surface area (Å²) in [6.07, 6.45) is 7.26. The predicted octanol–water partition coefficient (Wildman–Crippen LogP) is 4.57. The number of rotatable bonds is 8. The van der Waals surface area contributed by atoms with Crippen molar-refractivity contribution in [1.82, 2.24) is 0 Å². The lowest BCUT2D eigenvalue weighted by atomic mass is 9.94. The molecule has 1 N–H and O–H groups in total. The third-order valence-corrected chi connectivity index (χ3v) is 3.63. The first-order chi connectivity index (χ1) is 8.26. The summed E-state index contributed by atoms with van der Waals surface area (Å²) >= 11 is 3.48. The molecule has 0 saturated heterocycles. The molecule has 1 nitrogen and oxygen atoms in total. The van der Waals surface area contributed by atoms with Crippen LogP contribution in [0.25, 0.3) is 0 Å². The van der Waals surface area contributed by atoms with Crippen LogP contribution in [-0.2, 0) is 6.42 Å². The monoisotopic (exact) mass is 298 g/mol. The molecule has 0 saturated carbocycles. The van der Waals surface area contributed by atoms with Gasteiger partial charge in [0.1, 0.15) is 0 Å². The van der Waals surface area contributed by atoms with Gasteiger partial charge in [0.15, 0.2) is 0 Å². The van der Waals surface area contributed by atoms with Crippen molar-refractivity contribution in [2.75, 3.05) is 6.61 Å². The zero-order valence-electron chi connectivity index (χ0n) is 10.7. The van der Waals surface area contributed by atoms with E-state index in [-0.39, 0.29) is 0 Å². The Kier molecular flexibility index (Phi) is 7.54. The fourth-order valence-electron chi connectivity index (χ4n) is 2.11. The summed E-state index contributed by atoms with van der Waals surface area (Å²) in [7, 11) is 0. The number of hydrogen-bond donors (Lipinski definition) is 1.